The lowest BCUT2D eigenvalue weighted by molar-refractivity contribution is 0.0669. The SMILES string of the molecule is Cc1ccc(C(=O)N2[C@@H](CCc3ccc(F)cc3)CC[C@H]2C)c(O)n1. The summed E-state index contributed by atoms with van der Waals surface area (Å²) in [6.07, 6.45) is 3.50. The first kappa shape index (κ1) is 17.4. The lowest BCUT2D eigenvalue weighted by Gasteiger charge is -2.29. The molecule has 1 aliphatic heterocycles. The topological polar surface area (TPSA) is 53.4 Å². The molecular weight excluding hydrogens is 319 g/mol. The summed E-state index contributed by atoms with van der Waals surface area (Å²) in [7, 11) is 0. The van der Waals surface area contributed by atoms with Crippen LogP contribution in [0.25, 0.3) is 0 Å². The molecule has 1 amide bonds. The zero-order valence-corrected chi connectivity index (χ0v) is 14.6. The molecule has 1 saturated heterocycles. The van der Waals surface area contributed by atoms with Gasteiger partial charge in [0.2, 0.25) is 5.88 Å². The molecule has 132 valence electrons. The molecule has 25 heavy (non-hydrogen) atoms. The second-order valence-electron chi connectivity index (χ2n) is 6.78. The highest BCUT2D eigenvalue weighted by atomic mass is 19.1. The summed E-state index contributed by atoms with van der Waals surface area (Å²) in [4.78, 5) is 18.8. The number of likely N-dealkylation sites (tertiary alicyclic amines) is 1. The Bertz CT molecular complexity index is 761. The van der Waals surface area contributed by atoms with Gasteiger partial charge < -0.3 is 10.0 Å². The van der Waals surface area contributed by atoms with Crippen LogP contribution in [-0.4, -0.2) is 33.0 Å². The fourth-order valence-electron chi connectivity index (χ4n) is 3.55. The third-order valence-electron chi connectivity index (χ3n) is 4.94. The van der Waals surface area contributed by atoms with Crippen molar-refractivity contribution in [3.63, 3.8) is 0 Å². The third kappa shape index (κ3) is 3.81. The number of carbonyl (C=O) groups excluding carboxylic acids is 1. The minimum absolute atomic E-state index is 0.119. The molecule has 4 nitrogen and oxygen atoms in total. The molecule has 1 N–H and O–H groups in total. The van der Waals surface area contributed by atoms with Crippen molar-refractivity contribution in [2.75, 3.05) is 0 Å². The number of hydrogen-bond donors (Lipinski definition) is 1. The number of nitrogens with zero attached hydrogens (tertiary/aromatic N) is 2. The maximum atomic E-state index is 13.0. The quantitative estimate of drug-likeness (QED) is 0.918. The molecule has 2 aromatic rings. The van der Waals surface area contributed by atoms with Gasteiger partial charge in [0.1, 0.15) is 11.4 Å². The van der Waals surface area contributed by atoms with Gasteiger partial charge in [0.05, 0.1) is 0 Å². The lowest BCUT2D eigenvalue weighted by atomic mass is 10.0. The highest BCUT2D eigenvalue weighted by Crippen LogP contribution is 2.30. The molecule has 5 heteroatoms. The van der Waals surface area contributed by atoms with Gasteiger partial charge in [0, 0.05) is 17.8 Å². The minimum atomic E-state index is -0.239. The lowest BCUT2D eigenvalue weighted by Crippen LogP contribution is -2.40. The van der Waals surface area contributed by atoms with Gasteiger partial charge in [0.15, 0.2) is 0 Å². The van der Waals surface area contributed by atoms with Gasteiger partial charge in [-0.25, -0.2) is 9.37 Å². The molecule has 2 atom stereocenters. The Hall–Kier alpha value is -2.43. The molecule has 0 saturated carbocycles. The summed E-state index contributed by atoms with van der Waals surface area (Å²) in [5.41, 5.74) is 2.00. The van der Waals surface area contributed by atoms with Crippen LogP contribution in [0.1, 0.15) is 47.8 Å². The van der Waals surface area contributed by atoms with Gasteiger partial charge in [-0.05, 0) is 69.4 Å². The van der Waals surface area contributed by atoms with Crippen LogP contribution in [0.15, 0.2) is 36.4 Å². The van der Waals surface area contributed by atoms with Crippen LogP contribution in [0.2, 0.25) is 0 Å². The van der Waals surface area contributed by atoms with E-state index in [1.54, 1.807) is 31.2 Å². The van der Waals surface area contributed by atoms with Crippen LogP contribution in [0.5, 0.6) is 5.88 Å². The van der Waals surface area contributed by atoms with E-state index in [1.165, 1.54) is 12.1 Å². The Morgan fingerprint density at radius 3 is 2.64 bits per heavy atom. The van der Waals surface area contributed by atoms with Crippen LogP contribution in [0.3, 0.4) is 0 Å². The zero-order chi connectivity index (χ0) is 18.0. The zero-order valence-electron chi connectivity index (χ0n) is 14.6. The van der Waals surface area contributed by atoms with Crippen molar-refractivity contribution < 1.29 is 14.3 Å². The Labute approximate surface area is 147 Å². The van der Waals surface area contributed by atoms with Crippen molar-refractivity contribution in [2.24, 2.45) is 0 Å². The van der Waals surface area contributed by atoms with Crippen molar-refractivity contribution in [1.82, 2.24) is 9.88 Å². The van der Waals surface area contributed by atoms with E-state index in [4.69, 9.17) is 0 Å². The first-order chi connectivity index (χ1) is 12.0. The van der Waals surface area contributed by atoms with E-state index in [-0.39, 0.29) is 35.3 Å². The number of aromatic nitrogens is 1. The minimum Gasteiger partial charge on any atom is -0.493 e. The average Bonchev–Trinajstić information content (AvgIpc) is 2.94. The Balaban J connectivity index is 1.73. The van der Waals surface area contributed by atoms with Crippen LogP contribution >= 0.6 is 0 Å². The predicted octanol–water partition coefficient (Wildman–Crippen LogP) is 3.86. The van der Waals surface area contributed by atoms with Gasteiger partial charge in [-0.1, -0.05) is 12.1 Å². The molecule has 0 unspecified atom stereocenters. The average molecular weight is 342 g/mol. The Kier molecular flexibility index (Phi) is 5.02. The summed E-state index contributed by atoms with van der Waals surface area (Å²) in [6, 6.07) is 10.1. The number of amides is 1. The van der Waals surface area contributed by atoms with E-state index in [2.05, 4.69) is 4.98 Å². The highest BCUT2D eigenvalue weighted by Gasteiger charge is 2.35. The standard InChI is InChI=1S/C20H23FN2O2/c1-13-3-12-18(19(24)22-13)20(25)23-14(2)4-10-17(23)11-7-15-5-8-16(21)9-6-15/h3,5-6,8-9,12,14,17H,4,7,10-11H2,1-2H3,(H,22,24)/t14-,17-/m1/s1. The third-order valence-corrected chi connectivity index (χ3v) is 4.94. The highest BCUT2D eigenvalue weighted by molar-refractivity contribution is 5.96. The summed E-state index contributed by atoms with van der Waals surface area (Å²) in [5, 5.41) is 10.0. The molecule has 0 aliphatic carbocycles. The summed E-state index contributed by atoms with van der Waals surface area (Å²) >= 11 is 0. The molecular formula is C20H23FN2O2. The van der Waals surface area contributed by atoms with Gasteiger partial charge in [-0.15, -0.1) is 0 Å². The van der Waals surface area contributed by atoms with Crippen molar-refractivity contribution in [2.45, 2.75) is 51.6 Å². The maximum Gasteiger partial charge on any atom is 0.259 e. The van der Waals surface area contributed by atoms with Crippen LogP contribution in [-0.2, 0) is 6.42 Å². The summed E-state index contributed by atoms with van der Waals surface area (Å²) < 4.78 is 13.0. The first-order valence-corrected chi connectivity index (χ1v) is 8.69. The number of aryl methyl sites for hydroxylation is 2. The Morgan fingerprint density at radius 1 is 1.24 bits per heavy atom. The molecule has 1 fully saturated rings. The summed E-state index contributed by atoms with van der Waals surface area (Å²) in [6.45, 7) is 3.81. The molecule has 2 heterocycles. The van der Waals surface area contributed by atoms with Gasteiger partial charge in [0.25, 0.3) is 5.91 Å². The first-order valence-electron chi connectivity index (χ1n) is 8.69. The van der Waals surface area contributed by atoms with Crippen molar-refractivity contribution in [1.29, 1.82) is 0 Å². The van der Waals surface area contributed by atoms with Crippen molar-refractivity contribution in [3.8, 4) is 5.88 Å². The molecule has 0 radical (unpaired) electrons. The van der Waals surface area contributed by atoms with E-state index in [1.807, 2.05) is 11.8 Å². The predicted molar refractivity (Wildman–Crippen MR) is 94.0 cm³/mol. The summed E-state index contributed by atoms with van der Waals surface area (Å²) in [5.74, 6) is -0.613. The van der Waals surface area contributed by atoms with Crippen LogP contribution < -0.4 is 0 Å². The smallest absolute Gasteiger partial charge is 0.259 e. The normalized spacial score (nSPS) is 20.0. The van der Waals surface area contributed by atoms with Crippen LogP contribution in [0, 0.1) is 12.7 Å². The van der Waals surface area contributed by atoms with Crippen LogP contribution in [0.4, 0.5) is 4.39 Å². The maximum absolute atomic E-state index is 13.0. The van der Waals surface area contributed by atoms with Crippen molar-refractivity contribution in [3.05, 3.63) is 59.0 Å². The van der Waals surface area contributed by atoms with E-state index >= 15 is 0 Å². The van der Waals surface area contributed by atoms with E-state index in [0.717, 1.165) is 31.2 Å². The van der Waals surface area contributed by atoms with E-state index in [9.17, 15) is 14.3 Å². The fraction of sp³-hybridized carbons (Fsp3) is 0.400. The van der Waals surface area contributed by atoms with Gasteiger partial charge in [-0.2, -0.15) is 0 Å². The number of rotatable bonds is 4. The van der Waals surface area contributed by atoms with Gasteiger partial charge >= 0.3 is 0 Å². The van der Waals surface area contributed by atoms with Crippen molar-refractivity contribution >= 4 is 5.91 Å². The number of halogens is 1. The Morgan fingerprint density at radius 2 is 1.96 bits per heavy atom. The van der Waals surface area contributed by atoms with E-state index < -0.39 is 0 Å². The molecule has 0 bridgehead atoms. The molecule has 1 aromatic carbocycles. The molecule has 3 rings (SSSR count). The molecule has 0 spiro atoms. The number of carbonyl (C=O) groups is 1. The molecule has 1 aromatic heterocycles. The second kappa shape index (κ2) is 7.21. The number of pyridine rings is 1. The monoisotopic (exact) mass is 342 g/mol. The largest absolute Gasteiger partial charge is 0.493 e. The van der Waals surface area contributed by atoms with E-state index in [0.29, 0.717) is 5.69 Å². The number of benzene rings is 1. The fourth-order valence-corrected chi connectivity index (χ4v) is 3.55. The second-order valence-corrected chi connectivity index (χ2v) is 6.78. The molecule has 1 aliphatic rings. The van der Waals surface area contributed by atoms with Gasteiger partial charge in [-0.3, -0.25) is 4.79 Å². The number of aromatic hydroxyl groups is 1. The number of hydrogen-bond acceptors (Lipinski definition) is 3.